The van der Waals surface area contributed by atoms with E-state index >= 15 is 0 Å². The van der Waals surface area contributed by atoms with Crippen LogP contribution in [-0.4, -0.2) is 38.3 Å². The number of pyridine rings is 1. The minimum absolute atomic E-state index is 0.288. The quantitative estimate of drug-likeness (QED) is 0.384. The maximum atomic E-state index is 13.5. The number of fused-ring (bicyclic) bond motifs is 1. The molecule has 5 rings (SSSR count). The number of ether oxygens (including phenoxy) is 2. The molecule has 8 heteroatoms. The fourth-order valence-corrected chi connectivity index (χ4v) is 3.91. The molecule has 0 saturated heterocycles. The van der Waals surface area contributed by atoms with Crippen molar-refractivity contribution in [3.05, 3.63) is 72.6 Å². The van der Waals surface area contributed by atoms with Crippen LogP contribution in [0.15, 0.2) is 61.1 Å². The Morgan fingerprint density at radius 2 is 1.73 bits per heavy atom. The first-order valence-electron chi connectivity index (χ1n) is 10.3. The number of imidazole rings is 2. The second kappa shape index (κ2) is 8.05. The summed E-state index contributed by atoms with van der Waals surface area (Å²) in [5.41, 5.74) is 5.64. The highest BCUT2D eigenvalue weighted by molar-refractivity contribution is 5.95. The highest BCUT2D eigenvalue weighted by atomic mass is 19.1. The van der Waals surface area contributed by atoms with Crippen molar-refractivity contribution in [1.29, 1.82) is 0 Å². The molecule has 0 atom stereocenters. The van der Waals surface area contributed by atoms with Crippen LogP contribution in [0.1, 0.15) is 5.69 Å². The van der Waals surface area contributed by atoms with Crippen LogP contribution in [0.3, 0.4) is 0 Å². The Labute approximate surface area is 190 Å². The van der Waals surface area contributed by atoms with Crippen LogP contribution in [0, 0.1) is 12.7 Å². The van der Waals surface area contributed by atoms with Crippen LogP contribution < -0.4 is 9.47 Å². The summed E-state index contributed by atoms with van der Waals surface area (Å²) in [4.78, 5) is 13.9. The number of benzene rings is 2. The molecular formula is C25H22FN5O2. The third kappa shape index (κ3) is 3.59. The van der Waals surface area contributed by atoms with E-state index in [0.29, 0.717) is 17.3 Å². The standard InChI is InChI=1S/C25H22FN5O2/c1-15-13-31(14-27-15)21-10-9-20(28-25(21)33-4)19-11-18(32-3)12-22-23(19)29-24(30(22)2)16-5-7-17(26)8-6-16/h5-14H,1-4H3. The average molecular weight is 443 g/mol. The van der Waals surface area contributed by atoms with E-state index in [0.717, 1.165) is 39.4 Å². The molecule has 2 aromatic carbocycles. The normalized spacial score (nSPS) is 11.2. The zero-order valence-electron chi connectivity index (χ0n) is 18.7. The lowest BCUT2D eigenvalue weighted by Crippen LogP contribution is -1.99. The smallest absolute Gasteiger partial charge is 0.238 e. The van der Waals surface area contributed by atoms with Gasteiger partial charge in [0.15, 0.2) is 0 Å². The predicted octanol–water partition coefficient (Wildman–Crippen LogP) is 4.95. The zero-order chi connectivity index (χ0) is 23.1. The van der Waals surface area contributed by atoms with Crippen LogP contribution >= 0.6 is 0 Å². The molecule has 0 amide bonds. The van der Waals surface area contributed by atoms with Gasteiger partial charge in [-0.05, 0) is 49.4 Å². The molecule has 7 nitrogen and oxygen atoms in total. The number of nitrogens with zero attached hydrogens (tertiary/aromatic N) is 5. The van der Waals surface area contributed by atoms with Gasteiger partial charge in [-0.3, -0.25) is 0 Å². The molecule has 0 saturated carbocycles. The molecule has 166 valence electrons. The average Bonchev–Trinajstić information content (AvgIpc) is 3.41. The fraction of sp³-hybridized carbons (Fsp3) is 0.160. The molecule has 0 aliphatic carbocycles. The van der Waals surface area contributed by atoms with Gasteiger partial charge in [0, 0.05) is 30.4 Å². The van der Waals surface area contributed by atoms with Crippen molar-refractivity contribution < 1.29 is 13.9 Å². The SMILES string of the molecule is COc1cc(-c2ccc(-n3cnc(C)c3)c(OC)n2)c2nc(-c3ccc(F)cc3)n(C)c2c1. The zero-order valence-corrected chi connectivity index (χ0v) is 18.7. The molecule has 0 fully saturated rings. The third-order valence-electron chi connectivity index (χ3n) is 5.60. The van der Waals surface area contributed by atoms with Crippen molar-refractivity contribution in [2.24, 2.45) is 7.05 Å². The van der Waals surface area contributed by atoms with Gasteiger partial charge < -0.3 is 18.6 Å². The summed E-state index contributed by atoms with van der Waals surface area (Å²) in [7, 11) is 5.14. The molecule has 33 heavy (non-hydrogen) atoms. The molecule has 0 spiro atoms. The summed E-state index contributed by atoms with van der Waals surface area (Å²) < 4.78 is 28.4. The van der Waals surface area contributed by atoms with Crippen molar-refractivity contribution in [3.8, 4) is 40.0 Å². The van der Waals surface area contributed by atoms with Gasteiger partial charge in [-0.1, -0.05) is 0 Å². The first kappa shape index (κ1) is 20.7. The van der Waals surface area contributed by atoms with Gasteiger partial charge in [0.25, 0.3) is 0 Å². The van der Waals surface area contributed by atoms with Gasteiger partial charge in [0.2, 0.25) is 5.88 Å². The molecule has 0 unspecified atom stereocenters. The molecule has 3 heterocycles. The van der Waals surface area contributed by atoms with Gasteiger partial charge in [-0.25, -0.2) is 19.3 Å². The van der Waals surface area contributed by atoms with Gasteiger partial charge in [-0.2, -0.15) is 0 Å². The number of hydrogen-bond acceptors (Lipinski definition) is 5. The summed E-state index contributed by atoms with van der Waals surface area (Å²) in [5.74, 6) is 1.58. The minimum atomic E-state index is -0.288. The number of aryl methyl sites for hydroxylation is 2. The van der Waals surface area contributed by atoms with Crippen molar-refractivity contribution >= 4 is 11.0 Å². The lowest BCUT2D eigenvalue weighted by molar-refractivity contribution is 0.396. The van der Waals surface area contributed by atoms with E-state index in [-0.39, 0.29) is 5.82 Å². The van der Waals surface area contributed by atoms with Gasteiger partial charge in [0.05, 0.1) is 43.0 Å². The first-order chi connectivity index (χ1) is 16.0. The summed E-state index contributed by atoms with van der Waals surface area (Å²) in [5, 5.41) is 0. The topological polar surface area (TPSA) is 67.0 Å². The lowest BCUT2D eigenvalue weighted by Gasteiger charge is -2.11. The van der Waals surface area contributed by atoms with Crippen molar-refractivity contribution in [2.45, 2.75) is 6.92 Å². The van der Waals surface area contributed by atoms with Crippen LogP contribution in [-0.2, 0) is 7.05 Å². The molecule has 3 aromatic heterocycles. The van der Waals surface area contributed by atoms with Crippen molar-refractivity contribution in [3.63, 3.8) is 0 Å². The largest absolute Gasteiger partial charge is 0.497 e. The number of methoxy groups -OCH3 is 2. The van der Waals surface area contributed by atoms with E-state index < -0.39 is 0 Å². The predicted molar refractivity (Wildman–Crippen MR) is 124 cm³/mol. The third-order valence-corrected chi connectivity index (χ3v) is 5.60. The summed E-state index contributed by atoms with van der Waals surface area (Å²) in [6.45, 7) is 1.93. The first-order valence-corrected chi connectivity index (χ1v) is 10.3. The second-order valence-corrected chi connectivity index (χ2v) is 7.69. The van der Waals surface area contributed by atoms with Crippen LogP contribution in [0.2, 0.25) is 0 Å². The molecule has 0 N–H and O–H groups in total. The molecular weight excluding hydrogens is 421 g/mol. The number of halogens is 1. The van der Waals surface area contributed by atoms with Crippen molar-refractivity contribution in [1.82, 2.24) is 24.1 Å². The Morgan fingerprint density at radius 3 is 2.39 bits per heavy atom. The van der Waals surface area contributed by atoms with Crippen LogP contribution in [0.25, 0.3) is 39.4 Å². The van der Waals surface area contributed by atoms with E-state index in [1.54, 1.807) is 32.7 Å². The Kier molecular flexibility index (Phi) is 5.05. The maximum Gasteiger partial charge on any atom is 0.238 e. The molecule has 0 bridgehead atoms. The van der Waals surface area contributed by atoms with Gasteiger partial charge >= 0.3 is 0 Å². The Hall–Kier alpha value is -4.20. The highest BCUT2D eigenvalue weighted by Gasteiger charge is 2.18. The van der Waals surface area contributed by atoms with Gasteiger partial charge in [0.1, 0.15) is 23.1 Å². The highest BCUT2D eigenvalue weighted by Crippen LogP contribution is 2.36. The minimum Gasteiger partial charge on any atom is -0.497 e. The lowest BCUT2D eigenvalue weighted by atomic mass is 10.1. The van der Waals surface area contributed by atoms with E-state index in [1.165, 1.54) is 12.1 Å². The fourth-order valence-electron chi connectivity index (χ4n) is 3.91. The Bertz CT molecular complexity index is 1470. The number of rotatable bonds is 5. The summed E-state index contributed by atoms with van der Waals surface area (Å²) in [6.07, 6.45) is 3.64. The van der Waals surface area contributed by atoms with E-state index in [1.807, 2.05) is 53.6 Å². The molecule has 5 aromatic rings. The Balaban J connectivity index is 1.70. The second-order valence-electron chi connectivity index (χ2n) is 7.69. The number of hydrogen-bond donors (Lipinski definition) is 0. The maximum absolute atomic E-state index is 13.5. The molecule has 0 aliphatic rings. The van der Waals surface area contributed by atoms with E-state index in [4.69, 9.17) is 19.4 Å². The van der Waals surface area contributed by atoms with Crippen LogP contribution in [0.4, 0.5) is 4.39 Å². The monoisotopic (exact) mass is 443 g/mol. The van der Waals surface area contributed by atoms with Crippen molar-refractivity contribution in [2.75, 3.05) is 14.2 Å². The summed E-state index contributed by atoms with van der Waals surface area (Å²) in [6, 6.07) is 14.0. The van der Waals surface area contributed by atoms with E-state index in [2.05, 4.69) is 4.98 Å². The molecule has 0 aliphatic heterocycles. The number of aromatic nitrogens is 5. The molecule has 0 radical (unpaired) electrons. The van der Waals surface area contributed by atoms with E-state index in [9.17, 15) is 4.39 Å². The Morgan fingerprint density at radius 1 is 0.939 bits per heavy atom. The van der Waals surface area contributed by atoms with Gasteiger partial charge in [-0.15, -0.1) is 0 Å². The van der Waals surface area contributed by atoms with Crippen LogP contribution in [0.5, 0.6) is 11.6 Å². The summed E-state index contributed by atoms with van der Waals surface area (Å²) >= 11 is 0.